The van der Waals surface area contributed by atoms with E-state index >= 15 is 0 Å². The molecule has 0 aliphatic heterocycles. The Morgan fingerprint density at radius 2 is 0.360 bits per heavy atom. The van der Waals surface area contributed by atoms with Crippen LogP contribution in [0.5, 0.6) is 0 Å². The zero-order chi connectivity index (χ0) is 21.5. The van der Waals surface area contributed by atoms with Crippen LogP contribution in [0.1, 0.15) is 41.5 Å². The number of carboxylic acids is 6. The monoisotopic (exact) mass is 383 g/mol. The second-order valence-electron chi connectivity index (χ2n) is 3.11. The first-order valence-corrected chi connectivity index (χ1v) is 5.57. The van der Waals surface area contributed by atoms with Crippen LogP contribution in [-0.4, -0.2) is 96.0 Å². The summed E-state index contributed by atoms with van der Waals surface area (Å²) in [5, 5.41) is 44.5. The van der Waals surface area contributed by atoms with Gasteiger partial charge in [-0.3, -0.25) is 28.8 Å². The Morgan fingerprint density at radius 3 is 0.360 bits per heavy atom. The van der Waals surface area contributed by atoms with Crippen LogP contribution < -0.4 is 0 Å². The number of hydrogen-bond acceptors (Lipinski definition) is 6. The van der Waals surface area contributed by atoms with E-state index in [-0.39, 0.29) is 29.6 Å². The SMILES string of the molecule is CC(=O)O.CC(=O)O.CC(=O)O.CC(=O)O.CC(=O)O.CC(=O)O.[Na]. The van der Waals surface area contributed by atoms with Crippen LogP contribution in [0.2, 0.25) is 0 Å². The Hall–Kier alpha value is -2.18. The van der Waals surface area contributed by atoms with E-state index in [9.17, 15) is 0 Å². The minimum Gasteiger partial charge on any atom is -0.481 e. The summed E-state index contributed by atoms with van der Waals surface area (Å²) in [5.74, 6) is -5.00. The Labute approximate surface area is 166 Å². The molecule has 25 heavy (non-hydrogen) atoms. The molecule has 0 aliphatic rings. The molecule has 0 heterocycles. The van der Waals surface area contributed by atoms with Gasteiger partial charge in [-0.05, 0) is 0 Å². The van der Waals surface area contributed by atoms with Gasteiger partial charge in [0.2, 0.25) is 0 Å². The van der Waals surface area contributed by atoms with E-state index < -0.39 is 35.8 Å². The van der Waals surface area contributed by atoms with Gasteiger partial charge in [-0.1, -0.05) is 0 Å². The van der Waals surface area contributed by atoms with Crippen molar-refractivity contribution in [3.8, 4) is 0 Å². The Kier molecular flexibility index (Phi) is 65.6. The minimum absolute atomic E-state index is 0. The molecule has 0 aromatic carbocycles. The average Bonchev–Trinajstić information content (AvgIpc) is 2.08. The van der Waals surface area contributed by atoms with Crippen LogP contribution in [0.4, 0.5) is 0 Å². The molecule has 1 radical (unpaired) electrons. The molecule has 0 rings (SSSR count). The van der Waals surface area contributed by atoms with Crippen LogP contribution in [0, 0.1) is 0 Å². The second kappa shape index (κ2) is 37.8. The van der Waals surface area contributed by atoms with Crippen LogP contribution in [0.25, 0.3) is 0 Å². The molecule has 0 unspecified atom stereocenters. The first-order valence-electron chi connectivity index (χ1n) is 5.57. The maximum absolute atomic E-state index is 9.00. The zero-order valence-electron chi connectivity index (χ0n) is 15.1. The summed E-state index contributed by atoms with van der Waals surface area (Å²) in [6, 6.07) is 0. The number of carboxylic acid groups (broad SMARTS) is 6. The van der Waals surface area contributed by atoms with Crippen LogP contribution in [0.3, 0.4) is 0 Å². The van der Waals surface area contributed by atoms with Gasteiger partial charge in [0, 0.05) is 71.1 Å². The molecule has 0 bridgehead atoms. The fourth-order valence-corrected chi connectivity index (χ4v) is 0. The maximum atomic E-state index is 9.00. The number of rotatable bonds is 0. The third-order valence-corrected chi connectivity index (χ3v) is 0. The molecule has 0 aromatic rings. The molecular weight excluding hydrogens is 359 g/mol. The normalized spacial score (nSPS) is 6.00. The third kappa shape index (κ3) is 1800. The summed E-state index contributed by atoms with van der Waals surface area (Å²) in [5.41, 5.74) is 0. The van der Waals surface area contributed by atoms with Crippen molar-refractivity contribution in [3.05, 3.63) is 0 Å². The van der Waals surface area contributed by atoms with Gasteiger partial charge < -0.3 is 30.6 Å². The summed E-state index contributed by atoms with van der Waals surface area (Å²) < 4.78 is 0. The largest absolute Gasteiger partial charge is 0.481 e. The molecule has 0 fully saturated rings. The average molecular weight is 383 g/mol. The van der Waals surface area contributed by atoms with Crippen molar-refractivity contribution >= 4 is 65.4 Å². The van der Waals surface area contributed by atoms with E-state index in [0.717, 1.165) is 41.5 Å². The van der Waals surface area contributed by atoms with Crippen molar-refractivity contribution in [1.82, 2.24) is 0 Å². The Bertz CT molecular complexity index is 261. The van der Waals surface area contributed by atoms with Crippen LogP contribution >= 0.6 is 0 Å². The summed E-state index contributed by atoms with van der Waals surface area (Å²) in [4.78, 5) is 54.0. The number of aliphatic carboxylic acids is 6. The molecule has 12 nitrogen and oxygen atoms in total. The first kappa shape index (κ1) is 43.4. The summed E-state index contributed by atoms with van der Waals surface area (Å²) in [6.07, 6.45) is 0. The Morgan fingerprint density at radius 1 is 0.360 bits per heavy atom. The molecule has 6 N–H and O–H groups in total. The predicted octanol–water partition coefficient (Wildman–Crippen LogP) is 0.165. The number of carbonyl (C=O) groups is 6. The van der Waals surface area contributed by atoms with Crippen molar-refractivity contribution < 1.29 is 59.4 Å². The van der Waals surface area contributed by atoms with Gasteiger partial charge >= 0.3 is 0 Å². The second-order valence-corrected chi connectivity index (χ2v) is 3.11. The van der Waals surface area contributed by atoms with Crippen molar-refractivity contribution in [2.24, 2.45) is 0 Å². The fraction of sp³-hybridized carbons (Fsp3) is 0.500. The van der Waals surface area contributed by atoms with E-state index in [2.05, 4.69) is 0 Å². The molecule has 0 amide bonds. The van der Waals surface area contributed by atoms with Crippen LogP contribution in [-0.2, 0) is 28.8 Å². The molecule has 0 atom stereocenters. The standard InChI is InChI=1S/6C2H4O2.Na/c6*1-2(3)4;/h6*1H3,(H,3,4);. The van der Waals surface area contributed by atoms with Gasteiger partial charge in [0.05, 0.1) is 0 Å². The summed E-state index contributed by atoms with van der Waals surface area (Å²) in [6.45, 7) is 6.50. The first-order chi connectivity index (χ1) is 10.4. The molecule has 0 aromatic heterocycles. The van der Waals surface area contributed by atoms with Crippen molar-refractivity contribution in [2.45, 2.75) is 41.5 Å². The molecule has 145 valence electrons. The predicted molar refractivity (Wildman–Crippen MR) is 85.6 cm³/mol. The van der Waals surface area contributed by atoms with Crippen molar-refractivity contribution in [3.63, 3.8) is 0 Å². The van der Waals surface area contributed by atoms with Crippen molar-refractivity contribution in [1.29, 1.82) is 0 Å². The molecule has 0 aliphatic carbocycles. The topological polar surface area (TPSA) is 224 Å². The number of hydrogen-bond donors (Lipinski definition) is 6. The molecule has 0 saturated carbocycles. The van der Waals surface area contributed by atoms with E-state index in [1.807, 2.05) is 0 Å². The quantitative estimate of drug-likeness (QED) is 0.308. The molecule has 0 saturated heterocycles. The van der Waals surface area contributed by atoms with Gasteiger partial charge in [0.25, 0.3) is 35.8 Å². The Balaban J connectivity index is -0.0000000309. The minimum atomic E-state index is -0.833. The molecular formula is C12H24NaO12. The third-order valence-electron chi connectivity index (χ3n) is 0. The summed E-state index contributed by atoms with van der Waals surface area (Å²) >= 11 is 0. The van der Waals surface area contributed by atoms with Gasteiger partial charge in [0.15, 0.2) is 0 Å². The van der Waals surface area contributed by atoms with E-state index in [4.69, 9.17) is 59.4 Å². The van der Waals surface area contributed by atoms with Gasteiger partial charge in [-0.25, -0.2) is 0 Å². The van der Waals surface area contributed by atoms with Gasteiger partial charge in [-0.2, -0.15) is 0 Å². The zero-order valence-corrected chi connectivity index (χ0v) is 17.1. The van der Waals surface area contributed by atoms with E-state index in [0.29, 0.717) is 0 Å². The fourth-order valence-electron chi connectivity index (χ4n) is 0. The molecule has 13 heteroatoms. The van der Waals surface area contributed by atoms with Crippen molar-refractivity contribution in [2.75, 3.05) is 0 Å². The van der Waals surface area contributed by atoms with Gasteiger partial charge in [-0.15, -0.1) is 0 Å². The van der Waals surface area contributed by atoms with E-state index in [1.54, 1.807) is 0 Å². The van der Waals surface area contributed by atoms with Crippen LogP contribution in [0.15, 0.2) is 0 Å². The maximum Gasteiger partial charge on any atom is 0.300 e. The summed E-state index contributed by atoms with van der Waals surface area (Å²) in [7, 11) is 0. The van der Waals surface area contributed by atoms with E-state index in [1.165, 1.54) is 0 Å². The van der Waals surface area contributed by atoms with Gasteiger partial charge in [0.1, 0.15) is 0 Å². The molecule has 0 spiro atoms. The smallest absolute Gasteiger partial charge is 0.300 e.